The number of carbonyl (C=O) groups excluding carboxylic acids is 1. The van der Waals surface area contributed by atoms with Crippen molar-refractivity contribution >= 4 is 5.91 Å². The van der Waals surface area contributed by atoms with Crippen molar-refractivity contribution in [1.82, 2.24) is 4.90 Å². The maximum atomic E-state index is 12.9. The van der Waals surface area contributed by atoms with Crippen LogP contribution >= 0.6 is 0 Å². The minimum atomic E-state index is -0.315. The van der Waals surface area contributed by atoms with Crippen LogP contribution in [0.1, 0.15) is 23.4 Å². The second-order valence-electron chi connectivity index (χ2n) is 5.12. The van der Waals surface area contributed by atoms with Crippen molar-refractivity contribution in [2.24, 2.45) is 0 Å². The molecule has 0 aliphatic heterocycles. The quantitative estimate of drug-likeness (QED) is 0.920. The molecule has 2 aromatic rings. The average molecular weight is 289 g/mol. The van der Waals surface area contributed by atoms with Crippen LogP contribution in [0.15, 0.2) is 40.8 Å². The van der Waals surface area contributed by atoms with Gasteiger partial charge in [-0.25, -0.2) is 4.39 Å². The summed E-state index contributed by atoms with van der Waals surface area (Å²) in [4.78, 5) is 14.0. The summed E-state index contributed by atoms with van der Waals surface area (Å²) in [6.45, 7) is 0.254. The first-order valence-corrected chi connectivity index (χ1v) is 6.96. The minimum absolute atomic E-state index is 0.0617. The number of aliphatic hydroxyl groups is 1. The molecule has 0 spiro atoms. The topological polar surface area (TPSA) is 53.7 Å². The SMILES string of the molecule is O=C(c1ccc(-c2ccc(F)cc2)o1)N(CCO)C1CC1. The van der Waals surface area contributed by atoms with Crippen molar-refractivity contribution in [2.45, 2.75) is 18.9 Å². The van der Waals surface area contributed by atoms with E-state index in [1.807, 2.05) is 0 Å². The predicted molar refractivity (Wildman–Crippen MR) is 75.2 cm³/mol. The smallest absolute Gasteiger partial charge is 0.289 e. The Labute approximate surface area is 121 Å². The van der Waals surface area contributed by atoms with Crippen molar-refractivity contribution in [3.8, 4) is 11.3 Å². The third-order valence-corrected chi connectivity index (χ3v) is 3.53. The zero-order chi connectivity index (χ0) is 14.8. The molecule has 1 aromatic carbocycles. The van der Waals surface area contributed by atoms with Crippen LogP contribution < -0.4 is 0 Å². The molecule has 1 aromatic heterocycles. The van der Waals surface area contributed by atoms with Crippen LogP contribution in [-0.2, 0) is 0 Å². The summed E-state index contributed by atoms with van der Waals surface area (Å²) in [7, 11) is 0. The van der Waals surface area contributed by atoms with Gasteiger partial charge in [-0.05, 0) is 49.2 Å². The summed E-state index contributed by atoms with van der Waals surface area (Å²) in [5, 5.41) is 9.06. The fourth-order valence-corrected chi connectivity index (χ4v) is 2.31. The fraction of sp³-hybridized carbons (Fsp3) is 0.312. The van der Waals surface area contributed by atoms with E-state index in [1.54, 1.807) is 29.2 Å². The van der Waals surface area contributed by atoms with Crippen LogP contribution in [0.4, 0.5) is 4.39 Å². The van der Waals surface area contributed by atoms with Gasteiger partial charge in [-0.15, -0.1) is 0 Å². The van der Waals surface area contributed by atoms with Crippen LogP contribution in [-0.4, -0.2) is 35.1 Å². The lowest BCUT2D eigenvalue weighted by Crippen LogP contribution is -2.35. The zero-order valence-corrected chi connectivity index (χ0v) is 11.5. The molecule has 1 fully saturated rings. The number of halogens is 1. The molecule has 0 unspecified atom stereocenters. The Morgan fingerprint density at radius 3 is 2.57 bits per heavy atom. The molecule has 0 bridgehead atoms. The normalized spacial score (nSPS) is 14.2. The van der Waals surface area contributed by atoms with E-state index in [-0.39, 0.29) is 30.1 Å². The van der Waals surface area contributed by atoms with E-state index in [1.165, 1.54) is 12.1 Å². The van der Waals surface area contributed by atoms with Gasteiger partial charge in [0.2, 0.25) is 0 Å². The number of nitrogens with zero attached hydrogens (tertiary/aromatic N) is 1. The molecule has 5 heteroatoms. The standard InChI is InChI=1S/C16H16FNO3/c17-12-3-1-11(2-4-12)14-7-8-15(21-14)16(20)18(9-10-19)13-5-6-13/h1-4,7-8,13,19H,5-6,9-10H2. The van der Waals surface area contributed by atoms with Crippen LogP contribution in [0, 0.1) is 5.82 Å². The number of carbonyl (C=O) groups is 1. The van der Waals surface area contributed by atoms with Gasteiger partial charge >= 0.3 is 0 Å². The van der Waals surface area contributed by atoms with Gasteiger partial charge in [0.25, 0.3) is 5.91 Å². The molecule has 1 amide bonds. The van der Waals surface area contributed by atoms with Crippen molar-refractivity contribution in [3.63, 3.8) is 0 Å². The van der Waals surface area contributed by atoms with Crippen molar-refractivity contribution < 1.29 is 18.7 Å². The number of rotatable bonds is 5. The van der Waals surface area contributed by atoms with Gasteiger partial charge < -0.3 is 14.4 Å². The Kier molecular flexibility index (Phi) is 3.75. The highest BCUT2D eigenvalue weighted by molar-refractivity contribution is 5.92. The Hall–Kier alpha value is -2.14. The van der Waals surface area contributed by atoms with Gasteiger partial charge in [0.05, 0.1) is 6.61 Å². The Morgan fingerprint density at radius 2 is 1.95 bits per heavy atom. The third-order valence-electron chi connectivity index (χ3n) is 3.53. The molecule has 0 saturated heterocycles. The van der Waals surface area contributed by atoms with Crippen molar-refractivity contribution in [2.75, 3.05) is 13.2 Å². The van der Waals surface area contributed by atoms with Gasteiger partial charge in [0.15, 0.2) is 5.76 Å². The number of hydrogen-bond acceptors (Lipinski definition) is 3. The lowest BCUT2D eigenvalue weighted by Gasteiger charge is -2.19. The Balaban J connectivity index is 1.80. The molecular formula is C16H16FNO3. The van der Waals surface area contributed by atoms with E-state index in [4.69, 9.17) is 9.52 Å². The highest BCUT2D eigenvalue weighted by atomic mass is 19.1. The maximum Gasteiger partial charge on any atom is 0.289 e. The molecule has 1 aliphatic carbocycles. The number of hydrogen-bond donors (Lipinski definition) is 1. The maximum absolute atomic E-state index is 12.9. The van der Waals surface area contributed by atoms with E-state index in [0.717, 1.165) is 18.4 Å². The Morgan fingerprint density at radius 1 is 1.24 bits per heavy atom. The van der Waals surface area contributed by atoms with Gasteiger partial charge in [-0.3, -0.25) is 4.79 Å². The molecule has 1 N–H and O–H groups in total. The summed E-state index contributed by atoms with van der Waals surface area (Å²) < 4.78 is 18.5. The molecule has 0 atom stereocenters. The monoisotopic (exact) mass is 289 g/mol. The van der Waals surface area contributed by atoms with Gasteiger partial charge in [-0.1, -0.05) is 0 Å². The second kappa shape index (κ2) is 5.69. The molecule has 0 radical (unpaired) electrons. The molecule has 1 heterocycles. The minimum Gasteiger partial charge on any atom is -0.451 e. The van der Waals surface area contributed by atoms with E-state index in [0.29, 0.717) is 12.3 Å². The molecule has 110 valence electrons. The summed E-state index contributed by atoms with van der Waals surface area (Å²) >= 11 is 0. The van der Waals surface area contributed by atoms with E-state index in [9.17, 15) is 9.18 Å². The molecule has 3 rings (SSSR count). The van der Waals surface area contributed by atoms with Crippen LogP contribution in [0.5, 0.6) is 0 Å². The largest absolute Gasteiger partial charge is 0.451 e. The first kappa shape index (κ1) is 13.8. The molecule has 1 aliphatic rings. The molecule has 21 heavy (non-hydrogen) atoms. The number of furan rings is 1. The predicted octanol–water partition coefficient (Wildman–Crippen LogP) is 2.68. The van der Waals surface area contributed by atoms with Crippen molar-refractivity contribution in [1.29, 1.82) is 0 Å². The molecule has 1 saturated carbocycles. The summed E-state index contributed by atoms with van der Waals surface area (Å²) in [6, 6.07) is 9.44. The average Bonchev–Trinajstić information content (AvgIpc) is 3.21. The highest BCUT2D eigenvalue weighted by Crippen LogP contribution is 2.29. The van der Waals surface area contributed by atoms with Crippen LogP contribution in [0.2, 0.25) is 0 Å². The third kappa shape index (κ3) is 2.97. The zero-order valence-electron chi connectivity index (χ0n) is 11.5. The Bertz CT molecular complexity index is 631. The number of amides is 1. The first-order chi connectivity index (χ1) is 10.2. The highest BCUT2D eigenvalue weighted by Gasteiger charge is 2.33. The lowest BCUT2D eigenvalue weighted by molar-refractivity contribution is 0.0676. The summed E-state index contributed by atoms with van der Waals surface area (Å²) in [5.74, 6) is 0.247. The van der Waals surface area contributed by atoms with E-state index < -0.39 is 0 Å². The van der Waals surface area contributed by atoms with Crippen LogP contribution in [0.3, 0.4) is 0 Å². The van der Waals surface area contributed by atoms with E-state index in [2.05, 4.69) is 0 Å². The van der Waals surface area contributed by atoms with E-state index >= 15 is 0 Å². The van der Waals surface area contributed by atoms with Gasteiger partial charge in [0.1, 0.15) is 11.6 Å². The fourth-order valence-electron chi connectivity index (χ4n) is 2.31. The second-order valence-corrected chi connectivity index (χ2v) is 5.12. The van der Waals surface area contributed by atoms with Crippen molar-refractivity contribution in [3.05, 3.63) is 48.0 Å². The first-order valence-electron chi connectivity index (χ1n) is 6.96. The summed E-state index contributed by atoms with van der Waals surface area (Å²) in [6.07, 6.45) is 1.94. The molecular weight excluding hydrogens is 273 g/mol. The number of benzene rings is 1. The van der Waals surface area contributed by atoms with Crippen LogP contribution in [0.25, 0.3) is 11.3 Å². The lowest BCUT2D eigenvalue weighted by atomic mass is 10.2. The van der Waals surface area contributed by atoms with Gasteiger partial charge in [-0.2, -0.15) is 0 Å². The number of aliphatic hydroxyl groups excluding tert-OH is 1. The molecule has 4 nitrogen and oxygen atoms in total. The van der Waals surface area contributed by atoms with Gasteiger partial charge in [0, 0.05) is 18.2 Å². The summed E-state index contributed by atoms with van der Waals surface area (Å²) in [5.41, 5.74) is 0.718.